The number of hydrogen-bond donors (Lipinski definition) is 1. The van der Waals surface area contributed by atoms with Crippen molar-refractivity contribution in [1.29, 1.82) is 0 Å². The van der Waals surface area contributed by atoms with Crippen molar-refractivity contribution < 1.29 is 23.5 Å². The van der Waals surface area contributed by atoms with E-state index in [1.807, 2.05) is 26.8 Å². The molecule has 266 valence electrons. The third-order valence-corrected chi connectivity index (χ3v) is 9.83. The minimum absolute atomic E-state index is 0.00666. The normalized spacial score (nSPS) is 16.9. The number of fused-ring (bicyclic) bond motifs is 2. The van der Waals surface area contributed by atoms with Gasteiger partial charge in [-0.3, -0.25) is 19.1 Å². The van der Waals surface area contributed by atoms with Gasteiger partial charge in [0.2, 0.25) is 0 Å². The van der Waals surface area contributed by atoms with Crippen molar-refractivity contribution in [2.75, 3.05) is 0 Å². The molecule has 1 N–H and O–H groups in total. The van der Waals surface area contributed by atoms with E-state index in [2.05, 4.69) is 9.97 Å². The summed E-state index contributed by atoms with van der Waals surface area (Å²) in [6.07, 6.45) is 4.78. The van der Waals surface area contributed by atoms with Crippen LogP contribution in [0.25, 0.3) is 33.5 Å². The molecule has 1 fully saturated rings. The molecule has 1 aliphatic carbocycles. The molecule has 1 atom stereocenters. The lowest BCUT2D eigenvalue weighted by atomic mass is 9.81. The van der Waals surface area contributed by atoms with Crippen LogP contribution in [0.4, 0.5) is 13.6 Å². The fraction of sp³-hybridized carbons (Fsp3) is 0.282. The second-order valence-corrected chi connectivity index (χ2v) is 14.3. The molecular weight excluding hydrogens is 670 g/mol. The number of halogens is 2. The van der Waals surface area contributed by atoms with Gasteiger partial charge in [0.15, 0.2) is 5.65 Å². The second kappa shape index (κ2) is 13.3. The van der Waals surface area contributed by atoms with Crippen LogP contribution in [0, 0.1) is 17.0 Å². The van der Waals surface area contributed by atoms with Crippen LogP contribution < -0.4 is 11.2 Å². The number of pyridine rings is 2. The van der Waals surface area contributed by atoms with Gasteiger partial charge in [0.05, 0.1) is 29.0 Å². The lowest BCUT2D eigenvalue weighted by Gasteiger charge is -2.44. The maximum atomic E-state index is 14.6. The molecule has 2 aromatic carbocycles. The van der Waals surface area contributed by atoms with Crippen molar-refractivity contribution in [1.82, 2.24) is 28.4 Å². The SMILES string of the molecule is CC(C)(C)C(c1cn2cc(F)ccc2n1)N(C(=O)O)C1CCC(n2c(=O)c3cc(F)cnc3n(-c3cccc(-c4ccc(C=O)cc4)c3)c2=O)CC1. The Balaban J connectivity index is 1.25. The minimum atomic E-state index is -1.14. The summed E-state index contributed by atoms with van der Waals surface area (Å²) in [5.74, 6) is -1.18. The van der Waals surface area contributed by atoms with Crippen molar-refractivity contribution in [3.8, 4) is 16.8 Å². The Morgan fingerprint density at radius 3 is 2.35 bits per heavy atom. The Kier molecular flexibility index (Phi) is 8.81. The average Bonchev–Trinajstić information content (AvgIpc) is 3.53. The van der Waals surface area contributed by atoms with E-state index in [9.17, 15) is 33.1 Å². The summed E-state index contributed by atoms with van der Waals surface area (Å²) < 4.78 is 32.6. The highest BCUT2D eigenvalue weighted by molar-refractivity contribution is 5.78. The van der Waals surface area contributed by atoms with Gasteiger partial charge in [-0.05, 0) is 72.6 Å². The highest BCUT2D eigenvalue weighted by atomic mass is 19.1. The van der Waals surface area contributed by atoms with Crippen LogP contribution in [-0.4, -0.2) is 51.9 Å². The van der Waals surface area contributed by atoms with Crippen molar-refractivity contribution in [2.24, 2.45) is 5.41 Å². The number of benzene rings is 2. The van der Waals surface area contributed by atoms with E-state index in [0.29, 0.717) is 48.3 Å². The molecule has 0 bridgehead atoms. The van der Waals surface area contributed by atoms with Crippen LogP contribution in [0.15, 0.2) is 94.9 Å². The summed E-state index contributed by atoms with van der Waals surface area (Å²) in [4.78, 5) is 62.8. The summed E-state index contributed by atoms with van der Waals surface area (Å²) in [6, 6.07) is 16.2. The van der Waals surface area contributed by atoms with Gasteiger partial charge in [0.1, 0.15) is 23.6 Å². The third-order valence-electron chi connectivity index (χ3n) is 9.83. The molecule has 0 aliphatic heterocycles. The monoisotopic (exact) mass is 706 g/mol. The van der Waals surface area contributed by atoms with Gasteiger partial charge < -0.3 is 9.51 Å². The Hall–Kier alpha value is -5.98. The van der Waals surface area contributed by atoms with Crippen molar-refractivity contribution in [2.45, 2.75) is 64.6 Å². The Bertz CT molecular complexity index is 2460. The first kappa shape index (κ1) is 34.5. The number of rotatable bonds is 7. The number of nitrogens with zero attached hydrogens (tertiary/aromatic N) is 6. The number of carboxylic acid groups (broad SMARTS) is 1. The van der Waals surface area contributed by atoms with E-state index in [1.165, 1.54) is 32.2 Å². The molecule has 0 saturated heterocycles. The zero-order valence-corrected chi connectivity index (χ0v) is 28.7. The highest BCUT2D eigenvalue weighted by Gasteiger charge is 2.42. The minimum Gasteiger partial charge on any atom is -0.465 e. The average molecular weight is 707 g/mol. The van der Waals surface area contributed by atoms with E-state index in [-0.39, 0.29) is 11.0 Å². The number of imidazole rings is 1. The summed E-state index contributed by atoms with van der Waals surface area (Å²) in [5.41, 5.74) is 1.51. The molecular formula is C39H36F2N6O5. The fourth-order valence-electron chi connectivity index (χ4n) is 7.51. The van der Waals surface area contributed by atoms with Gasteiger partial charge in [0.25, 0.3) is 5.56 Å². The van der Waals surface area contributed by atoms with Crippen molar-refractivity contribution in [3.63, 3.8) is 0 Å². The second-order valence-electron chi connectivity index (χ2n) is 14.3. The van der Waals surface area contributed by atoms with Gasteiger partial charge in [0, 0.05) is 30.0 Å². The molecule has 6 aromatic rings. The largest absolute Gasteiger partial charge is 0.465 e. The molecule has 1 saturated carbocycles. The quantitative estimate of drug-likeness (QED) is 0.174. The van der Waals surface area contributed by atoms with Crippen molar-refractivity contribution >= 4 is 29.1 Å². The van der Waals surface area contributed by atoms with Gasteiger partial charge in [-0.15, -0.1) is 0 Å². The summed E-state index contributed by atoms with van der Waals surface area (Å²) >= 11 is 0. The van der Waals surface area contributed by atoms with E-state index < -0.39 is 52.5 Å². The van der Waals surface area contributed by atoms with Gasteiger partial charge in [-0.25, -0.2) is 32.9 Å². The number of hydrogen-bond acceptors (Lipinski definition) is 6. The third kappa shape index (κ3) is 6.27. The van der Waals surface area contributed by atoms with Crippen LogP contribution in [0.1, 0.15) is 74.6 Å². The fourth-order valence-corrected chi connectivity index (χ4v) is 7.51. The zero-order chi connectivity index (χ0) is 36.9. The zero-order valence-electron chi connectivity index (χ0n) is 28.7. The first-order chi connectivity index (χ1) is 24.8. The summed E-state index contributed by atoms with van der Waals surface area (Å²) in [5, 5.41) is 10.5. The van der Waals surface area contributed by atoms with E-state index >= 15 is 0 Å². The Labute approximate surface area is 296 Å². The first-order valence-electron chi connectivity index (χ1n) is 17.0. The molecule has 4 heterocycles. The molecule has 1 unspecified atom stereocenters. The highest BCUT2D eigenvalue weighted by Crippen LogP contribution is 2.42. The standard InChI is InChI=1S/C39H36F2N6O5/c1-39(2,3)34(32-21-44-20-26(40)11-16-33(44)43-32)45(38(51)52)28-12-14-29(15-13-28)47-36(49)31-18-27(41)19-42-35(31)46(37(47)50)30-6-4-5-25(17-30)24-9-7-23(22-48)8-10-24/h4-11,16-22,28-29,34H,12-15H2,1-3H3,(H,51,52). The van der Waals surface area contributed by atoms with E-state index in [1.54, 1.807) is 48.7 Å². The smallest absolute Gasteiger partial charge is 0.408 e. The van der Waals surface area contributed by atoms with Gasteiger partial charge >= 0.3 is 11.8 Å². The molecule has 0 spiro atoms. The van der Waals surface area contributed by atoms with Crippen LogP contribution in [0.2, 0.25) is 0 Å². The Morgan fingerprint density at radius 1 is 0.942 bits per heavy atom. The van der Waals surface area contributed by atoms with Crippen LogP contribution in [0.3, 0.4) is 0 Å². The predicted octanol–water partition coefficient (Wildman–Crippen LogP) is 7.20. The molecule has 13 heteroatoms. The molecule has 1 amide bonds. The molecule has 4 aromatic heterocycles. The molecule has 1 aliphatic rings. The molecule has 52 heavy (non-hydrogen) atoms. The number of aldehydes is 1. The molecule has 0 radical (unpaired) electrons. The predicted molar refractivity (Wildman–Crippen MR) is 191 cm³/mol. The molecule has 7 rings (SSSR count). The lowest BCUT2D eigenvalue weighted by molar-refractivity contribution is 0.0350. The summed E-state index contributed by atoms with van der Waals surface area (Å²) in [6.45, 7) is 5.76. The molecule has 11 nitrogen and oxygen atoms in total. The van der Waals surface area contributed by atoms with Crippen LogP contribution >= 0.6 is 0 Å². The van der Waals surface area contributed by atoms with Crippen molar-refractivity contribution in [3.05, 3.63) is 129 Å². The van der Waals surface area contributed by atoms with Crippen LogP contribution in [-0.2, 0) is 0 Å². The Morgan fingerprint density at radius 2 is 1.67 bits per heavy atom. The number of amides is 1. The maximum absolute atomic E-state index is 14.6. The number of carbonyl (C=O) groups excluding carboxylic acids is 1. The van der Waals surface area contributed by atoms with E-state index in [0.717, 1.165) is 34.2 Å². The lowest BCUT2D eigenvalue weighted by Crippen LogP contribution is -2.49. The van der Waals surface area contributed by atoms with Gasteiger partial charge in [-0.1, -0.05) is 57.2 Å². The summed E-state index contributed by atoms with van der Waals surface area (Å²) in [7, 11) is 0. The number of aromatic nitrogens is 5. The van der Waals surface area contributed by atoms with Crippen LogP contribution in [0.5, 0.6) is 0 Å². The number of carbonyl (C=O) groups is 2. The first-order valence-corrected chi connectivity index (χ1v) is 17.0. The maximum Gasteiger partial charge on any atom is 0.408 e. The van der Waals surface area contributed by atoms with E-state index in [4.69, 9.17) is 0 Å². The topological polar surface area (TPSA) is 132 Å². The van der Waals surface area contributed by atoms with Gasteiger partial charge in [-0.2, -0.15) is 0 Å².